The van der Waals surface area contributed by atoms with E-state index in [1.54, 1.807) is 11.4 Å². The third-order valence-corrected chi connectivity index (χ3v) is 6.73. The zero-order valence-corrected chi connectivity index (χ0v) is 16.6. The van der Waals surface area contributed by atoms with Gasteiger partial charge >= 0.3 is 28.1 Å². The van der Waals surface area contributed by atoms with Crippen LogP contribution in [-0.2, 0) is 34.3 Å². The summed E-state index contributed by atoms with van der Waals surface area (Å²) in [5.41, 5.74) is 4.86. The Labute approximate surface area is 171 Å². The van der Waals surface area contributed by atoms with Crippen LogP contribution in [-0.4, -0.2) is 69.1 Å². The number of rotatable bonds is 8. The number of nitrogens with zero attached hydrogens (tertiary/aromatic N) is 1. The van der Waals surface area contributed by atoms with Gasteiger partial charge in [0.05, 0.1) is 5.75 Å². The quantitative estimate of drug-likeness (QED) is 0.156. The minimum absolute atomic E-state index is 0.0354. The van der Waals surface area contributed by atoms with Gasteiger partial charge in [-0.25, -0.2) is 0 Å². The molecule has 16 heteroatoms. The Kier molecular flexibility index (Phi) is 6.83. The van der Waals surface area contributed by atoms with Crippen molar-refractivity contribution in [1.82, 2.24) is 14.9 Å². The first kappa shape index (κ1) is 22.6. The highest BCUT2D eigenvalue weighted by Crippen LogP contribution is 2.33. The predicted octanol–water partition coefficient (Wildman–Crippen LogP) is -2.34. The molecule has 29 heavy (non-hydrogen) atoms. The highest BCUT2D eigenvalue weighted by Gasteiger charge is 2.55. The SMILES string of the molecule is NC(=O)C(=O)N[C@H](C(=O)N[C@@H]1C(=O)N(S(=O)(=O)O)[C@@H]1SCC(=O)O)c1cccs1. The highest BCUT2D eigenvalue weighted by molar-refractivity contribution is 8.01. The van der Waals surface area contributed by atoms with Gasteiger partial charge in [0.15, 0.2) is 0 Å². The molecule has 0 unspecified atom stereocenters. The molecule has 0 saturated carbocycles. The highest BCUT2D eigenvalue weighted by atomic mass is 32.2. The molecule has 2 heterocycles. The van der Waals surface area contributed by atoms with E-state index < -0.39 is 63.1 Å². The van der Waals surface area contributed by atoms with Crippen LogP contribution in [0.1, 0.15) is 10.9 Å². The maximum Gasteiger partial charge on any atom is 0.363 e. The molecule has 4 amide bonds. The molecule has 1 aromatic rings. The van der Waals surface area contributed by atoms with Gasteiger partial charge in [-0.3, -0.25) is 28.5 Å². The van der Waals surface area contributed by atoms with Crippen LogP contribution in [0.25, 0.3) is 0 Å². The summed E-state index contributed by atoms with van der Waals surface area (Å²) < 4.78 is 31.8. The fraction of sp³-hybridized carbons (Fsp3) is 0.308. The Morgan fingerprint density at radius 3 is 2.48 bits per heavy atom. The van der Waals surface area contributed by atoms with Crippen molar-refractivity contribution < 1.29 is 42.0 Å². The van der Waals surface area contributed by atoms with Gasteiger partial charge in [0, 0.05) is 4.88 Å². The van der Waals surface area contributed by atoms with Crippen molar-refractivity contribution in [1.29, 1.82) is 0 Å². The van der Waals surface area contributed by atoms with Crippen molar-refractivity contribution in [2.24, 2.45) is 5.73 Å². The molecule has 1 aromatic heterocycles. The summed E-state index contributed by atoms with van der Waals surface area (Å²) in [7, 11) is -4.98. The van der Waals surface area contributed by atoms with E-state index in [1.165, 1.54) is 6.07 Å². The van der Waals surface area contributed by atoms with Crippen LogP contribution in [0.2, 0.25) is 0 Å². The van der Waals surface area contributed by atoms with Crippen LogP contribution < -0.4 is 16.4 Å². The number of β-lactam (4-membered cyclic amide) rings is 1. The van der Waals surface area contributed by atoms with Crippen LogP contribution in [0, 0.1) is 0 Å². The number of amides is 4. The van der Waals surface area contributed by atoms with Gasteiger partial charge in [-0.15, -0.1) is 23.1 Å². The number of carboxylic acid groups (broad SMARTS) is 1. The lowest BCUT2D eigenvalue weighted by atomic mass is 10.1. The molecule has 1 aliphatic rings. The van der Waals surface area contributed by atoms with E-state index in [9.17, 15) is 32.4 Å². The minimum atomic E-state index is -4.98. The van der Waals surface area contributed by atoms with Crippen molar-refractivity contribution in [3.8, 4) is 0 Å². The van der Waals surface area contributed by atoms with E-state index >= 15 is 0 Å². The molecule has 1 saturated heterocycles. The van der Waals surface area contributed by atoms with Crippen LogP contribution >= 0.6 is 23.1 Å². The smallest absolute Gasteiger partial charge is 0.363 e. The lowest BCUT2D eigenvalue weighted by molar-refractivity contribution is -0.143. The fourth-order valence-corrected chi connectivity index (χ4v) is 5.23. The summed E-state index contributed by atoms with van der Waals surface area (Å²) in [4.78, 5) is 58.3. The maximum atomic E-state index is 12.6. The molecule has 158 valence electrons. The van der Waals surface area contributed by atoms with Crippen molar-refractivity contribution in [3.63, 3.8) is 0 Å². The summed E-state index contributed by atoms with van der Waals surface area (Å²) in [6.07, 6.45) is 0. The second-order valence-electron chi connectivity index (χ2n) is 5.48. The number of primary amides is 1. The number of hydrogen-bond acceptors (Lipinski definition) is 9. The first-order valence-electron chi connectivity index (χ1n) is 7.51. The molecule has 0 radical (unpaired) electrons. The van der Waals surface area contributed by atoms with Gasteiger partial charge in [-0.05, 0) is 11.4 Å². The molecule has 13 nitrogen and oxygen atoms in total. The van der Waals surface area contributed by atoms with Crippen molar-refractivity contribution in [2.75, 3.05) is 5.75 Å². The summed E-state index contributed by atoms with van der Waals surface area (Å²) in [5.74, 6) is -6.74. The second kappa shape index (κ2) is 8.76. The van der Waals surface area contributed by atoms with Crippen molar-refractivity contribution >= 4 is 63.0 Å². The Hall–Kier alpha value is -2.69. The normalized spacial score (nSPS) is 19.8. The van der Waals surface area contributed by atoms with Gasteiger partial charge in [0.2, 0.25) is 5.91 Å². The van der Waals surface area contributed by atoms with Gasteiger partial charge in [-0.2, -0.15) is 12.7 Å². The van der Waals surface area contributed by atoms with E-state index in [1.807, 2.05) is 0 Å². The summed E-state index contributed by atoms with van der Waals surface area (Å²) in [5, 5.41) is 13.2. The maximum absolute atomic E-state index is 12.6. The molecule has 0 spiro atoms. The Bertz CT molecular complexity index is 947. The van der Waals surface area contributed by atoms with Crippen LogP contribution in [0.3, 0.4) is 0 Å². The number of carbonyl (C=O) groups is 5. The van der Waals surface area contributed by atoms with Crippen LogP contribution in [0.4, 0.5) is 0 Å². The molecule has 0 aromatic carbocycles. The second-order valence-corrected chi connectivity index (χ2v) is 8.85. The molecule has 6 N–H and O–H groups in total. The number of nitrogens with one attached hydrogen (secondary N) is 2. The van der Waals surface area contributed by atoms with Gasteiger partial charge in [-0.1, -0.05) is 6.07 Å². The van der Waals surface area contributed by atoms with Gasteiger partial charge in [0.25, 0.3) is 5.91 Å². The zero-order chi connectivity index (χ0) is 21.9. The largest absolute Gasteiger partial charge is 0.481 e. The topological polar surface area (TPSA) is 213 Å². The molecule has 1 fully saturated rings. The lowest BCUT2D eigenvalue weighted by Crippen LogP contribution is -2.71. The number of carboxylic acids is 1. The number of nitrogens with two attached hydrogens (primary N) is 1. The molecule has 2 rings (SSSR count). The average molecular weight is 466 g/mol. The Morgan fingerprint density at radius 1 is 1.34 bits per heavy atom. The molecule has 3 atom stereocenters. The van der Waals surface area contributed by atoms with Crippen LogP contribution in [0.15, 0.2) is 17.5 Å². The minimum Gasteiger partial charge on any atom is -0.481 e. The van der Waals surface area contributed by atoms with Crippen molar-refractivity contribution in [3.05, 3.63) is 22.4 Å². The average Bonchev–Trinajstić information content (AvgIpc) is 3.12. The van der Waals surface area contributed by atoms with E-state index in [0.717, 1.165) is 11.3 Å². The number of carbonyl (C=O) groups excluding carboxylic acids is 4. The Balaban J connectivity index is 2.22. The van der Waals surface area contributed by atoms with Crippen LogP contribution in [0.5, 0.6) is 0 Å². The summed E-state index contributed by atoms with van der Waals surface area (Å²) in [6, 6.07) is 0.0888. The fourth-order valence-electron chi connectivity index (χ4n) is 2.30. The van der Waals surface area contributed by atoms with E-state index in [0.29, 0.717) is 11.8 Å². The lowest BCUT2D eigenvalue weighted by Gasteiger charge is -2.43. The zero-order valence-electron chi connectivity index (χ0n) is 14.2. The monoisotopic (exact) mass is 466 g/mol. The number of thiophene rings is 1. The number of aliphatic carboxylic acids is 1. The van der Waals surface area contributed by atoms with Crippen molar-refractivity contribution in [2.45, 2.75) is 17.5 Å². The number of hydrogen-bond donors (Lipinski definition) is 5. The van der Waals surface area contributed by atoms with E-state index in [-0.39, 0.29) is 9.18 Å². The molecule has 0 aliphatic carbocycles. The first-order chi connectivity index (χ1) is 13.4. The molecular weight excluding hydrogens is 452 g/mol. The summed E-state index contributed by atoms with van der Waals surface area (Å²) >= 11 is 1.53. The molecule has 0 bridgehead atoms. The molecule has 1 aliphatic heterocycles. The van der Waals surface area contributed by atoms with Gasteiger partial charge in [0.1, 0.15) is 17.5 Å². The van der Waals surface area contributed by atoms with E-state index in [4.69, 9.17) is 15.4 Å². The predicted molar refractivity (Wildman–Crippen MR) is 98.6 cm³/mol. The standard InChI is InChI=1S/C13H14N4O9S3/c14-9(20)11(22)15-7(5-2-1-3-27-5)10(21)16-8-12(23)17(29(24,25)26)13(8)28-4-6(18)19/h1-3,7-8,13H,4H2,(H2,14,20)(H,15,22)(H,16,21)(H,18,19)(H,24,25,26)/t7-,8+,13+/m0/s1. The summed E-state index contributed by atoms with van der Waals surface area (Å²) in [6.45, 7) is 0. The Morgan fingerprint density at radius 2 is 2.00 bits per heavy atom. The third-order valence-electron chi connectivity index (χ3n) is 3.51. The van der Waals surface area contributed by atoms with Gasteiger partial charge < -0.3 is 21.5 Å². The number of thioether (sulfide) groups is 1. The third kappa shape index (κ3) is 5.22. The molecular formula is C13H14N4O9S3. The first-order valence-corrected chi connectivity index (χ1v) is 10.8. The van der Waals surface area contributed by atoms with E-state index in [2.05, 4.69) is 10.6 Å².